The maximum Gasteiger partial charge on any atom is 0.255 e. The van der Waals surface area contributed by atoms with Gasteiger partial charge in [0, 0.05) is 19.6 Å². The van der Waals surface area contributed by atoms with E-state index in [1.807, 2.05) is 17.0 Å². The third-order valence-corrected chi connectivity index (χ3v) is 5.42. The SMILES string of the molecule is CCC1(C)CCN(C(=O)c2cccc3c2NCCC3)CC1. The van der Waals surface area contributed by atoms with Gasteiger partial charge in [-0.25, -0.2) is 0 Å². The van der Waals surface area contributed by atoms with E-state index < -0.39 is 0 Å². The molecule has 3 heteroatoms. The lowest BCUT2D eigenvalue weighted by atomic mass is 9.78. The second-order valence-corrected chi connectivity index (χ2v) is 6.83. The van der Waals surface area contributed by atoms with Crippen LogP contribution in [-0.2, 0) is 6.42 Å². The smallest absolute Gasteiger partial charge is 0.255 e. The van der Waals surface area contributed by atoms with Crippen LogP contribution in [-0.4, -0.2) is 30.4 Å². The van der Waals surface area contributed by atoms with Crippen molar-refractivity contribution in [2.24, 2.45) is 5.41 Å². The van der Waals surface area contributed by atoms with E-state index in [-0.39, 0.29) is 5.91 Å². The first-order valence-electron chi connectivity index (χ1n) is 8.28. The second-order valence-electron chi connectivity index (χ2n) is 6.83. The lowest BCUT2D eigenvalue weighted by molar-refractivity contribution is 0.0601. The van der Waals surface area contributed by atoms with Crippen molar-refractivity contribution < 1.29 is 4.79 Å². The van der Waals surface area contributed by atoms with Crippen molar-refractivity contribution >= 4 is 11.6 Å². The molecule has 0 aromatic heterocycles. The number of piperidine rings is 1. The Labute approximate surface area is 127 Å². The molecule has 3 rings (SSSR count). The minimum absolute atomic E-state index is 0.208. The molecule has 1 aromatic rings. The van der Waals surface area contributed by atoms with Gasteiger partial charge in [0.15, 0.2) is 0 Å². The van der Waals surface area contributed by atoms with Crippen molar-refractivity contribution in [2.75, 3.05) is 25.0 Å². The summed E-state index contributed by atoms with van der Waals surface area (Å²) in [5.74, 6) is 0.208. The van der Waals surface area contributed by atoms with Crippen LogP contribution >= 0.6 is 0 Å². The maximum atomic E-state index is 12.9. The average molecular weight is 286 g/mol. The van der Waals surface area contributed by atoms with Crippen LogP contribution in [0, 0.1) is 5.41 Å². The van der Waals surface area contributed by atoms with E-state index >= 15 is 0 Å². The van der Waals surface area contributed by atoms with Crippen molar-refractivity contribution in [3.8, 4) is 0 Å². The predicted octanol–water partition coefficient (Wildman–Crippen LogP) is 3.70. The molecular weight excluding hydrogens is 260 g/mol. The lowest BCUT2D eigenvalue weighted by Crippen LogP contribution is -2.42. The van der Waals surface area contributed by atoms with Crippen LogP contribution in [0.3, 0.4) is 0 Å². The molecule has 0 radical (unpaired) electrons. The minimum atomic E-state index is 0.208. The number of carbonyl (C=O) groups is 1. The first-order chi connectivity index (χ1) is 10.1. The summed E-state index contributed by atoms with van der Waals surface area (Å²) in [7, 11) is 0. The van der Waals surface area contributed by atoms with E-state index in [2.05, 4.69) is 25.2 Å². The molecule has 1 N–H and O–H groups in total. The largest absolute Gasteiger partial charge is 0.384 e. The number of para-hydroxylation sites is 1. The molecule has 114 valence electrons. The van der Waals surface area contributed by atoms with Crippen LogP contribution < -0.4 is 5.32 Å². The van der Waals surface area contributed by atoms with Crippen molar-refractivity contribution in [3.05, 3.63) is 29.3 Å². The average Bonchev–Trinajstić information content (AvgIpc) is 2.54. The number of likely N-dealkylation sites (tertiary alicyclic amines) is 1. The van der Waals surface area contributed by atoms with Gasteiger partial charge in [-0.3, -0.25) is 4.79 Å². The molecule has 0 aliphatic carbocycles. The minimum Gasteiger partial charge on any atom is -0.384 e. The number of rotatable bonds is 2. The Kier molecular flexibility index (Phi) is 3.92. The van der Waals surface area contributed by atoms with Gasteiger partial charge in [0.25, 0.3) is 5.91 Å². The number of nitrogens with one attached hydrogen (secondary N) is 1. The number of fused-ring (bicyclic) bond motifs is 1. The highest BCUT2D eigenvalue weighted by atomic mass is 16.2. The molecule has 0 spiro atoms. The zero-order valence-electron chi connectivity index (χ0n) is 13.2. The molecule has 21 heavy (non-hydrogen) atoms. The fourth-order valence-corrected chi connectivity index (χ4v) is 3.46. The molecule has 2 heterocycles. The van der Waals surface area contributed by atoms with Gasteiger partial charge in [0.2, 0.25) is 0 Å². The summed E-state index contributed by atoms with van der Waals surface area (Å²) in [5, 5.41) is 3.43. The van der Waals surface area contributed by atoms with Crippen LogP contribution in [0.25, 0.3) is 0 Å². The van der Waals surface area contributed by atoms with E-state index in [4.69, 9.17) is 0 Å². The predicted molar refractivity (Wildman–Crippen MR) is 86.8 cm³/mol. The van der Waals surface area contributed by atoms with E-state index in [9.17, 15) is 4.79 Å². The van der Waals surface area contributed by atoms with Crippen LogP contribution in [0.1, 0.15) is 55.5 Å². The summed E-state index contributed by atoms with van der Waals surface area (Å²) < 4.78 is 0. The fraction of sp³-hybridized carbons (Fsp3) is 0.611. The van der Waals surface area contributed by atoms with Crippen molar-refractivity contribution in [3.63, 3.8) is 0 Å². The number of hydrogen-bond acceptors (Lipinski definition) is 2. The van der Waals surface area contributed by atoms with Gasteiger partial charge >= 0.3 is 0 Å². The number of nitrogens with zero attached hydrogens (tertiary/aromatic N) is 1. The number of amides is 1. The molecule has 2 aliphatic rings. The molecule has 0 unspecified atom stereocenters. The van der Waals surface area contributed by atoms with E-state index in [1.165, 1.54) is 12.0 Å². The number of benzene rings is 1. The molecule has 0 bridgehead atoms. The summed E-state index contributed by atoms with van der Waals surface area (Å²) >= 11 is 0. The highest BCUT2D eigenvalue weighted by molar-refractivity contribution is 6.00. The molecule has 3 nitrogen and oxygen atoms in total. The zero-order chi connectivity index (χ0) is 14.9. The number of aryl methyl sites for hydroxylation is 1. The van der Waals surface area contributed by atoms with Crippen LogP contribution in [0.5, 0.6) is 0 Å². The first-order valence-corrected chi connectivity index (χ1v) is 8.28. The van der Waals surface area contributed by atoms with E-state index in [1.54, 1.807) is 0 Å². The van der Waals surface area contributed by atoms with Gasteiger partial charge < -0.3 is 10.2 Å². The Morgan fingerprint density at radius 3 is 2.81 bits per heavy atom. The second kappa shape index (κ2) is 5.70. The summed E-state index contributed by atoms with van der Waals surface area (Å²) in [6.07, 6.45) is 5.69. The summed E-state index contributed by atoms with van der Waals surface area (Å²) in [4.78, 5) is 14.9. The molecule has 1 fully saturated rings. The number of hydrogen-bond donors (Lipinski definition) is 1. The Morgan fingerprint density at radius 1 is 1.33 bits per heavy atom. The van der Waals surface area contributed by atoms with Crippen LogP contribution in [0.4, 0.5) is 5.69 Å². The Hall–Kier alpha value is -1.51. The topological polar surface area (TPSA) is 32.3 Å². The van der Waals surface area contributed by atoms with Crippen molar-refractivity contribution in [2.45, 2.75) is 46.0 Å². The van der Waals surface area contributed by atoms with Gasteiger partial charge in [-0.2, -0.15) is 0 Å². The van der Waals surface area contributed by atoms with Gasteiger partial charge in [0.05, 0.1) is 11.3 Å². The van der Waals surface area contributed by atoms with Crippen molar-refractivity contribution in [1.29, 1.82) is 0 Å². The van der Waals surface area contributed by atoms with Gasteiger partial charge in [-0.15, -0.1) is 0 Å². The Morgan fingerprint density at radius 2 is 2.10 bits per heavy atom. The number of anilines is 1. The first kappa shape index (κ1) is 14.4. The lowest BCUT2D eigenvalue weighted by Gasteiger charge is -2.39. The summed E-state index contributed by atoms with van der Waals surface area (Å²) in [5.41, 5.74) is 3.66. The molecule has 1 saturated heterocycles. The summed E-state index contributed by atoms with van der Waals surface area (Å²) in [6.45, 7) is 7.38. The molecule has 1 aromatic carbocycles. The molecular formula is C18H26N2O. The normalized spacial score (nSPS) is 20.6. The van der Waals surface area contributed by atoms with E-state index in [0.717, 1.165) is 56.6 Å². The van der Waals surface area contributed by atoms with Crippen LogP contribution in [0.2, 0.25) is 0 Å². The third kappa shape index (κ3) is 2.78. The van der Waals surface area contributed by atoms with Gasteiger partial charge in [-0.1, -0.05) is 32.4 Å². The maximum absolute atomic E-state index is 12.9. The Bertz CT molecular complexity index is 530. The molecule has 1 amide bonds. The quantitative estimate of drug-likeness (QED) is 0.899. The van der Waals surface area contributed by atoms with E-state index in [0.29, 0.717) is 5.41 Å². The van der Waals surface area contributed by atoms with Crippen LogP contribution in [0.15, 0.2) is 18.2 Å². The highest BCUT2D eigenvalue weighted by Crippen LogP contribution is 2.35. The van der Waals surface area contributed by atoms with Gasteiger partial charge in [-0.05, 0) is 42.7 Å². The fourth-order valence-electron chi connectivity index (χ4n) is 3.46. The standard InChI is InChI=1S/C18H26N2O/c1-3-18(2)9-12-20(13-10-18)17(21)15-8-4-6-14-7-5-11-19-16(14)15/h4,6,8,19H,3,5,7,9-13H2,1-2H3. The summed E-state index contributed by atoms with van der Waals surface area (Å²) in [6, 6.07) is 6.15. The third-order valence-electron chi connectivity index (χ3n) is 5.42. The molecule has 0 saturated carbocycles. The zero-order valence-corrected chi connectivity index (χ0v) is 13.2. The molecule has 2 aliphatic heterocycles. The Balaban J connectivity index is 1.78. The number of carbonyl (C=O) groups excluding carboxylic acids is 1. The van der Waals surface area contributed by atoms with Crippen molar-refractivity contribution in [1.82, 2.24) is 4.90 Å². The highest BCUT2D eigenvalue weighted by Gasteiger charge is 2.31. The monoisotopic (exact) mass is 286 g/mol. The molecule has 0 atom stereocenters. The van der Waals surface area contributed by atoms with Gasteiger partial charge in [0.1, 0.15) is 0 Å².